The molecular formula is C34H33N3O3. The molecule has 5 rings (SSSR count). The Balaban J connectivity index is 1.44. The molecule has 0 radical (unpaired) electrons. The van der Waals surface area contributed by atoms with E-state index in [4.69, 9.17) is 5.10 Å². The first-order valence-electron chi connectivity index (χ1n) is 13.7. The summed E-state index contributed by atoms with van der Waals surface area (Å²) in [4.78, 5) is 25.0. The lowest BCUT2D eigenvalue weighted by Crippen LogP contribution is -2.28. The third-order valence-corrected chi connectivity index (χ3v) is 7.25. The van der Waals surface area contributed by atoms with Crippen LogP contribution in [0.1, 0.15) is 70.3 Å². The van der Waals surface area contributed by atoms with Crippen molar-refractivity contribution in [3.8, 4) is 11.1 Å². The van der Waals surface area contributed by atoms with Gasteiger partial charge in [0.05, 0.1) is 22.8 Å². The van der Waals surface area contributed by atoms with Crippen LogP contribution < -0.4 is 5.32 Å². The van der Waals surface area contributed by atoms with E-state index < -0.39 is 5.97 Å². The maximum absolute atomic E-state index is 13.3. The van der Waals surface area contributed by atoms with Crippen LogP contribution in [-0.2, 0) is 13.0 Å². The maximum atomic E-state index is 13.3. The van der Waals surface area contributed by atoms with Crippen LogP contribution in [0.25, 0.3) is 22.0 Å². The second kappa shape index (κ2) is 12.0. The van der Waals surface area contributed by atoms with Gasteiger partial charge in [-0.25, -0.2) is 4.79 Å². The van der Waals surface area contributed by atoms with Crippen molar-refractivity contribution in [1.29, 1.82) is 0 Å². The van der Waals surface area contributed by atoms with Gasteiger partial charge in [-0.15, -0.1) is 0 Å². The third-order valence-electron chi connectivity index (χ3n) is 7.25. The van der Waals surface area contributed by atoms with Gasteiger partial charge in [-0.1, -0.05) is 86.6 Å². The van der Waals surface area contributed by atoms with Crippen LogP contribution >= 0.6 is 0 Å². The summed E-state index contributed by atoms with van der Waals surface area (Å²) in [6, 6.07) is 30.7. The van der Waals surface area contributed by atoms with Crippen LogP contribution in [0.3, 0.4) is 0 Å². The van der Waals surface area contributed by atoms with Gasteiger partial charge in [-0.2, -0.15) is 5.10 Å². The van der Waals surface area contributed by atoms with Crippen molar-refractivity contribution in [3.63, 3.8) is 0 Å². The van der Waals surface area contributed by atoms with Gasteiger partial charge in [0, 0.05) is 23.9 Å². The maximum Gasteiger partial charge on any atom is 0.336 e. The lowest BCUT2D eigenvalue weighted by Gasteiger charge is -2.17. The quantitative estimate of drug-likeness (QED) is 0.198. The van der Waals surface area contributed by atoms with E-state index in [1.165, 1.54) is 0 Å². The predicted molar refractivity (Wildman–Crippen MR) is 159 cm³/mol. The van der Waals surface area contributed by atoms with Gasteiger partial charge in [-0.3, -0.25) is 9.48 Å². The van der Waals surface area contributed by atoms with Crippen LogP contribution in [-0.4, -0.2) is 26.8 Å². The summed E-state index contributed by atoms with van der Waals surface area (Å²) in [5, 5.41) is 18.6. The molecule has 0 aliphatic carbocycles. The number of carbonyl (C=O) groups is 2. The fraction of sp³-hybridized carbons (Fsp3) is 0.206. The summed E-state index contributed by atoms with van der Waals surface area (Å²) in [6.45, 7) is 4.97. The molecule has 1 unspecified atom stereocenters. The van der Waals surface area contributed by atoms with Crippen LogP contribution in [0.5, 0.6) is 0 Å². The number of nitrogens with one attached hydrogen (secondary N) is 1. The standard InChI is InChI=1S/C34H33N3O3/c1-3-20-37-32(21-23-14-16-24(17-15-23)27-12-8-9-13-28(27)34(39)40)29-22-26(18-19-31(29)36-37)33(38)35-30(4-2)25-10-6-5-7-11-25/h5-19,22,30H,3-4,20-21H2,1-2H3,(H,35,38)(H,39,40). The zero-order valence-electron chi connectivity index (χ0n) is 22.8. The van der Waals surface area contributed by atoms with Gasteiger partial charge in [0.1, 0.15) is 0 Å². The SMILES string of the molecule is CCCn1nc2ccc(C(=O)NC(CC)c3ccccc3)cc2c1Cc1ccc(-c2ccccc2C(=O)O)cc1. The minimum atomic E-state index is -0.941. The number of hydrogen-bond acceptors (Lipinski definition) is 3. The molecule has 6 heteroatoms. The molecule has 5 aromatic rings. The van der Waals surface area contributed by atoms with Crippen molar-refractivity contribution in [3.05, 3.63) is 125 Å². The molecule has 0 spiro atoms. The highest BCUT2D eigenvalue weighted by molar-refractivity contribution is 5.99. The Morgan fingerprint density at radius 2 is 1.62 bits per heavy atom. The van der Waals surface area contributed by atoms with E-state index in [-0.39, 0.29) is 17.5 Å². The van der Waals surface area contributed by atoms with Crippen molar-refractivity contribution in [2.45, 2.75) is 45.7 Å². The molecule has 0 saturated carbocycles. The first-order chi connectivity index (χ1) is 19.5. The monoisotopic (exact) mass is 531 g/mol. The van der Waals surface area contributed by atoms with Crippen molar-refractivity contribution in [2.24, 2.45) is 0 Å². The number of fused-ring (bicyclic) bond motifs is 1. The number of carboxylic acids is 1. The second-order valence-electron chi connectivity index (χ2n) is 9.97. The Morgan fingerprint density at radius 1 is 0.900 bits per heavy atom. The number of nitrogens with zero attached hydrogens (tertiary/aromatic N) is 2. The molecular weight excluding hydrogens is 498 g/mol. The van der Waals surface area contributed by atoms with Gasteiger partial charge >= 0.3 is 5.97 Å². The van der Waals surface area contributed by atoms with Gasteiger partial charge in [0.15, 0.2) is 0 Å². The van der Waals surface area contributed by atoms with Crippen LogP contribution in [0, 0.1) is 0 Å². The molecule has 0 bridgehead atoms. The summed E-state index contributed by atoms with van der Waals surface area (Å²) < 4.78 is 2.04. The number of aromatic carboxylic acids is 1. The van der Waals surface area contributed by atoms with Crippen molar-refractivity contribution < 1.29 is 14.7 Å². The van der Waals surface area contributed by atoms with Gasteiger partial charge < -0.3 is 10.4 Å². The summed E-state index contributed by atoms with van der Waals surface area (Å²) >= 11 is 0. The highest BCUT2D eigenvalue weighted by Crippen LogP contribution is 2.27. The van der Waals surface area contributed by atoms with E-state index in [9.17, 15) is 14.7 Å². The van der Waals surface area contributed by atoms with E-state index in [0.29, 0.717) is 17.5 Å². The molecule has 202 valence electrons. The predicted octanol–water partition coefficient (Wildman–Crippen LogP) is 7.28. The van der Waals surface area contributed by atoms with E-state index >= 15 is 0 Å². The minimum absolute atomic E-state index is 0.0588. The van der Waals surface area contributed by atoms with Crippen molar-refractivity contribution in [2.75, 3.05) is 0 Å². The lowest BCUT2D eigenvalue weighted by atomic mass is 9.97. The van der Waals surface area contributed by atoms with Crippen LogP contribution in [0.2, 0.25) is 0 Å². The highest BCUT2D eigenvalue weighted by atomic mass is 16.4. The Bertz CT molecular complexity index is 1640. The topological polar surface area (TPSA) is 84.2 Å². The van der Waals surface area contributed by atoms with E-state index in [2.05, 4.69) is 19.2 Å². The summed E-state index contributed by atoms with van der Waals surface area (Å²) in [7, 11) is 0. The molecule has 2 N–H and O–H groups in total. The van der Waals surface area contributed by atoms with Crippen molar-refractivity contribution in [1.82, 2.24) is 15.1 Å². The minimum Gasteiger partial charge on any atom is -0.478 e. The number of hydrogen-bond donors (Lipinski definition) is 2. The van der Waals surface area contributed by atoms with Gasteiger partial charge in [0.2, 0.25) is 0 Å². The Morgan fingerprint density at radius 3 is 2.33 bits per heavy atom. The smallest absolute Gasteiger partial charge is 0.336 e. The summed E-state index contributed by atoms with van der Waals surface area (Å²) in [5.74, 6) is -1.04. The van der Waals surface area contributed by atoms with Crippen LogP contribution in [0.15, 0.2) is 97.1 Å². The number of amides is 1. The molecule has 0 saturated heterocycles. The van der Waals surface area contributed by atoms with Gasteiger partial charge in [0.25, 0.3) is 5.91 Å². The summed E-state index contributed by atoms with van der Waals surface area (Å²) in [5.41, 5.74) is 6.54. The normalized spacial score (nSPS) is 11.8. The second-order valence-corrected chi connectivity index (χ2v) is 9.97. The average molecular weight is 532 g/mol. The Labute approximate surface area is 234 Å². The molecule has 1 amide bonds. The van der Waals surface area contributed by atoms with Crippen LogP contribution in [0.4, 0.5) is 0 Å². The lowest BCUT2D eigenvalue weighted by molar-refractivity contribution is 0.0697. The summed E-state index contributed by atoms with van der Waals surface area (Å²) in [6.07, 6.45) is 2.38. The average Bonchev–Trinajstić information content (AvgIpc) is 3.32. The number of carboxylic acid groups (broad SMARTS) is 1. The third kappa shape index (κ3) is 5.66. The highest BCUT2D eigenvalue weighted by Gasteiger charge is 2.18. The molecule has 0 aliphatic rings. The molecule has 6 nitrogen and oxygen atoms in total. The first-order valence-corrected chi connectivity index (χ1v) is 13.7. The van der Waals surface area contributed by atoms with E-state index in [0.717, 1.165) is 52.7 Å². The molecule has 0 aliphatic heterocycles. The number of aryl methyl sites for hydroxylation is 1. The zero-order valence-corrected chi connectivity index (χ0v) is 22.8. The fourth-order valence-corrected chi connectivity index (χ4v) is 5.17. The first kappa shape index (κ1) is 26.9. The number of aromatic nitrogens is 2. The molecule has 0 fully saturated rings. The molecule has 4 aromatic carbocycles. The van der Waals surface area contributed by atoms with Crippen molar-refractivity contribution >= 4 is 22.8 Å². The van der Waals surface area contributed by atoms with E-state index in [1.54, 1.807) is 12.1 Å². The molecule has 1 atom stereocenters. The molecule has 40 heavy (non-hydrogen) atoms. The van der Waals surface area contributed by atoms with Gasteiger partial charge in [-0.05, 0) is 59.4 Å². The molecule has 1 aromatic heterocycles. The number of benzene rings is 4. The number of rotatable bonds is 10. The fourth-order valence-electron chi connectivity index (χ4n) is 5.17. The number of carbonyl (C=O) groups excluding carboxylic acids is 1. The zero-order chi connectivity index (χ0) is 28.1. The van der Waals surface area contributed by atoms with E-state index in [1.807, 2.05) is 89.6 Å². The largest absolute Gasteiger partial charge is 0.478 e. The Hall–Kier alpha value is -4.71. The molecule has 1 heterocycles. The Kier molecular flexibility index (Phi) is 8.06.